The lowest BCUT2D eigenvalue weighted by Crippen LogP contribution is -2.21. The average Bonchev–Trinajstić information content (AvgIpc) is 2.94. The zero-order valence-corrected chi connectivity index (χ0v) is 14.4. The quantitative estimate of drug-likeness (QED) is 0.829. The number of primary sulfonamides is 1. The molecule has 0 fully saturated rings. The Labute approximate surface area is 139 Å². The molecule has 0 saturated heterocycles. The second-order valence-electron chi connectivity index (χ2n) is 5.28. The number of rotatable bonds is 6. The van der Waals surface area contributed by atoms with E-state index >= 15 is 0 Å². The first-order valence-electron chi connectivity index (χ1n) is 6.83. The van der Waals surface area contributed by atoms with E-state index in [1.54, 1.807) is 24.3 Å². The molecule has 0 saturated carbocycles. The summed E-state index contributed by atoms with van der Waals surface area (Å²) in [5, 5.41) is 14.0. The van der Waals surface area contributed by atoms with E-state index in [1.165, 1.54) is 23.5 Å². The van der Waals surface area contributed by atoms with E-state index in [9.17, 15) is 13.2 Å². The van der Waals surface area contributed by atoms with Crippen LogP contribution in [0.25, 0.3) is 0 Å². The highest BCUT2D eigenvalue weighted by Crippen LogP contribution is 2.24. The largest absolute Gasteiger partial charge is 0.477 e. The highest BCUT2D eigenvalue weighted by Gasteiger charge is 2.15. The molecule has 1 aromatic carbocycles. The molecule has 2 aromatic rings. The Kier molecular flexibility index (Phi) is 5.20. The van der Waals surface area contributed by atoms with E-state index in [1.807, 2.05) is 14.0 Å². The number of benzene rings is 1. The molecule has 8 heteroatoms. The van der Waals surface area contributed by atoms with Crippen LogP contribution < -0.4 is 5.14 Å². The minimum absolute atomic E-state index is 0.0416. The highest BCUT2D eigenvalue weighted by atomic mass is 32.2. The second-order valence-corrected chi connectivity index (χ2v) is 8.01. The third-order valence-corrected chi connectivity index (χ3v) is 5.62. The van der Waals surface area contributed by atoms with E-state index in [0.717, 1.165) is 10.4 Å². The third kappa shape index (κ3) is 4.38. The standard InChI is InChI=1S/C15H18N2O4S2/c1-10(11-3-6-13(7-4-11)23(16,20)21)17(2)9-12-5-8-14(22-12)15(18)19/h3-8,10H,9H2,1-2H3,(H,18,19)(H2,16,20,21). The monoisotopic (exact) mass is 354 g/mol. The van der Waals surface area contributed by atoms with Gasteiger partial charge < -0.3 is 5.11 Å². The number of thiophene rings is 1. The molecule has 3 N–H and O–H groups in total. The molecule has 0 aliphatic heterocycles. The van der Waals surface area contributed by atoms with Gasteiger partial charge in [-0.3, -0.25) is 4.90 Å². The Morgan fingerprint density at radius 1 is 1.26 bits per heavy atom. The van der Waals surface area contributed by atoms with Crippen molar-refractivity contribution >= 4 is 27.3 Å². The second kappa shape index (κ2) is 6.79. The highest BCUT2D eigenvalue weighted by molar-refractivity contribution is 7.89. The van der Waals surface area contributed by atoms with Crippen molar-refractivity contribution in [2.24, 2.45) is 5.14 Å². The molecule has 23 heavy (non-hydrogen) atoms. The summed E-state index contributed by atoms with van der Waals surface area (Å²) in [5.74, 6) is -0.921. The van der Waals surface area contributed by atoms with Crippen LogP contribution in [0.15, 0.2) is 41.3 Å². The summed E-state index contributed by atoms with van der Waals surface area (Å²) in [5.41, 5.74) is 0.954. The number of carbonyl (C=O) groups is 1. The van der Waals surface area contributed by atoms with Crippen LogP contribution in [0, 0.1) is 0 Å². The molecule has 1 aromatic heterocycles. The van der Waals surface area contributed by atoms with Crippen LogP contribution in [-0.2, 0) is 16.6 Å². The summed E-state index contributed by atoms with van der Waals surface area (Å²) in [7, 11) is -1.76. The van der Waals surface area contributed by atoms with Crippen LogP contribution in [0.5, 0.6) is 0 Å². The zero-order valence-electron chi connectivity index (χ0n) is 12.8. The van der Waals surface area contributed by atoms with Crippen molar-refractivity contribution in [2.45, 2.75) is 24.4 Å². The van der Waals surface area contributed by atoms with E-state index in [2.05, 4.69) is 4.90 Å². The molecule has 1 unspecified atom stereocenters. The van der Waals surface area contributed by atoms with Crippen molar-refractivity contribution in [3.8, 4) is 0 Å². The minimum atomic E-state index is -3.69. The summed E-state index contributed by atoms with van der Waals surface area (Å²) in [4.78, 5) is 14.3. The number of hydrogen-bond donors (Lipinski definition) is 2. The van der Waals surface area contributed by atoms with Gasteiger partial charge in [0.25, 0.3) is 0 Å². The maximum absolute atomic E-state index is 11.3. The van der Waals surface area contributed by atoms with Gasteiger partial charge in [-0.15, -0.1) is 11.3 Å². The molecular weight excluding hydrogens is 336 g/mol. The van der Waals surface area contributed by atoms with Gasteiger partial charge in [0.2, 0.25) is 10.0 Å². The molecule has 0 aliphatic rings. The van der Waals surface area contributed by atoms with Crippen LogP contribution in [0.1, 0.15) is 33.1 Å². The fraction of sp³-hybridized carbons (Fsp3) is 0.267. The van der Waals surface area contributed by atoms with Crippen LogP contribution >= 0.6 is 11.3 Å². The Hall–Kier alpha value is -1.74. The molecule has 1 atom stereocenters. The first-order valence-corrected chi connectivity index (χ1v) is 9.20. The van der Waals surface area contributed by atoms with Gasteiger partial charge in [-0.2, -0.15) is 0 Å². The predicted molar refractivity (Wildman–Crippen MR) is 89.0 cm³/mol. The number of sulfonamides is 1. The number of carboxylic acids is 1. The SMILES string of the molecule is CC(c1ccc(S(N)(=O)=O)cc1)N(C)Cc1ccc(C(=O)O)s1. The normalized spacial score (nSPS) is 13.2. The van der Waals surface area contributed by atoms with Gasteiger partial charge in [0, 0.05) is 17.5 Å². The summed E-state index contributed by atoms with van der Waals surface area (Å²) in [6.45, 7) is 2.60. The van der Waals surface area contributed by atoms with Gasteiger partial charge in [0.1, 0.15) is 4.88 Å². The van der Waals surface area contributed by atoms with E-state index < -0.39 is 16.0 Å². The van der Waals surface area contributed by atoms with Gasteiger partial charge in [-0.1, -0.05) is 12.1 Å². The summed E-state index contributed by atoms with van der Waals surface area (Å²) in [6, 6.07) is 9.89. The summed E-state index contributed by atoms with van der Waals surface area (Å²) >= 11 is 1.25. The Morgan fingerprint density at radius 3 is 2.35 bits per heavy atom. The average molecular weight is 354 g/mol. The van der Waals surface area contributed by atoms with Gasteiger partial charge in [-0.25, -0.2) is 18.4 Å². The third-order valence-electron chi connectivity index (χ3n) is 3.63. The van der Waals surface area contributed by atoms with Gasteiger partial charge in [0.15, 0.2) is 0 Å². The van der Waals surface area contributed by atoms with Crippen LogP contribution in [0.3, 0.4) is 0 Å². The van der Waals surface area contributed by atoms with Crippen LogP contribution in [0.4, 0.5) is 0 Å². The van der Waals surface area contributed by atoms with Crippen molar-refractivity contribution in [3.05, 3.63) is 51.7 Å². The molecule has 2 rings (SSSR count). The molecule has 124 valence electrons. The zero-order chi connectivity index (χ0) is 17.2. The Bertz CT molecular complexity index is 797. The molecule has 1 heterocycles. The van der Waals surface area contributed by atoms with Crippen molar-refractivity contribution in [2.75, 3.05) is 7.05 Å². The van der Waals surface area contributed by atoms with Gasteiger partial charge in [0.05, 0.1) is 4.90 Å². The van der Waals surface area contributed by atoms with E-state index in [4.69, 9.17) is 10.2 Å². The van der Waals surface area contributed by atoms with Gasteiger partial charge in [-0.05, 0) is 43.8 Å². The molecular formula is C15H18N2O4S2. The van der Waals surface area contributed by atoms with Crippen LogP contribution in [0.2, 0.25) is 0 Å². The summed E-state index contributed by atoms with van der Waals surface area (Å²) < 4.78 is 22.5. The fourth-order valence-electron chi connectivity index (χ4n) is 2.15. The smallest absolute Gasteiger partial charge is 0.345 e. The predicted octanol–water partition coefficient (Wildman–Crippen LogP) is 2.29. The number of aromatic carboxylic acids is 1. The maximum atomic E-state index is 11.3. The van der Waals surface area contributed by atoms with Crippen molar-refractivity contribution in [1.29, 1.82) is 0 Å². The van der Waals surface area contributed by atoms with E-state index in [0.29, 0.717) is 11.4 Å². The van der Waals surface area contributed by atoms with E-state index in [-0.39, 0.29) is 10.9 Å². The number of nitrogens with two attached hydrogens (primary N) is 1. The Balaban J connectivity index is 2.09. The van der Waals surface area contributed by atoms with Crippen molar-refractivity contribution in [3.63, 3.8) is 0 Å². The number of hydrogen-bond acceptors (Lipinski definition) is 5. The maximum Gasteiger partial charge on any atom is 0.345 e. The molecule has 0 radical (unpaired) electrons. The first-order chi connectivity index (χ1) is 10.7. The summed E-state index contributed by atoms with van der Waals surface area (Å²) in [6.07, 6.45) is 0. The lowest BCUT2D eigenvalue weighted by Gasteiger charge is -2.24. The lowest BCUT2D eigenvalue weighted by atomic mass is 10.1. The molecule has 0 amide bonds. The van der Waals surface area contributed by atoms with Crippen LogP contribution in [-0.4, -0.2) is 31.4 Å². The molecule has 0 bridgehead atoms. The fourth-order valence-corrected chi connectivity index (χ4v) is 3.58. The Morgan fingerprint density at radius 2 is 1.87 bits per heavy atom. The van der Waals surface area contributed by atoms with Crippen molar-refractivity contribution < 1.29 is 18.3 Å². The molecule has 0 spiro atoms. The molecule has 6 nitrogen and oxygen atoms in total. The topological polar surface area (TPSA) is 101 Å². The lowest BCUT2D eigenvalue weighted by molar-refractivity contribution is 0.0702. The van der Waals surface area contributed by atoms with Gasteiger partial charge >= 0.3 is 5.97 Å². The number of nitrogens with zero attached hydrogens (tertiary/aromatic N) is 1. The van der Waals surface area contributed by atoms with Crippen molar-refractivity contribution in [1.82, 2.24) is 4.90 Å². The first kappa shape index (κ1) is 17.6. The minimum Gasteiger partial charge on any atom is -0.477 e. The number of carboxylic acid groups (broad SMARTS) is 1. The molecule has 0 aliphatic carbocycles.